The summed E-state index contributed by atoms with van der Waals surface area (Å²) in [6.45, 7) is 0.790. The summed E-state index contributed by atoms with van der Waals surface area (Å²) in [4.78, 5) is 57.3. The molecule has 0 aromatic heterocycles. The first-order valence-electron chi connectivity index (χ1n) is 21.4. The van der Waals surface area contributed by atoms with Gasteiger partial charge in [0.05, 0.1) is 43.1 Å². The van der Waals surface area contributed by atoms with E-state index in [1.54, 1.807) is 54.6 Å². The van der Waals surface area contributed by atoms with Crippen LogP contribution >= 0.6 is 0 Å². The zero-order valence-corrected chi connectivity index (χ0v) is 36.6. The Labute approximate surface area is 386 Å². The van der Waals surface area contributed by atoms with Gasteiger partial charge in [-0.3, -0.25) is 4.79 Å². The molecular weight excluding hydrogens is 867 g/mol. The number of azide groups is 1. The summed E-state index contributed by atoms with van der Waals surface area (Å²) in [5, 5.41) is 4.04. The molecule has 5 aromatic carbocycles. The molecule has 0 N–H and O–H groups in total. The van der Waals surface area contributed by atoms with E-state index >= 15 is 0 Å². The van der Waals surface area contributed by atoms with E-state index in [-0.39, 0.29) is 36.5 Å². The summed E-state index contributed by atoms with van der Waals surface area (Å²) in [6, 6.07) is 41.5. The Morgan fingerprint density at radius 2 is 0.955 bits per heavy atom. The van der Waals surface area contributed by atoms with Gasteiger partial charge in [-0.2, -0.15) is 0 Å². The number of nitrogens with zero attached hydrogens (tertiary/aromatic N) is 3. The summed E-state index contributed by atoms with van der Waals surface area (Å²) < 4.78 is 61.7. The topological polar surface area (TPSA) is 209 Å². The normalized spacial score (nSPS) is 24.6. The molecule has 0 unspecified atom stereocenters. The second-order valence-corrected chi connectivity index (χ2v) is 15.4. The number of esters is 4. The number of carbonyl (C=O) groups is 4. The van der Waals surface area contributed by atoms with Gasteiger partial charge in [-0.15, -0.1) is 0 Å². The van der Waals surface area contributed by atoms with Crippen molar-refractivity contribution in [3.8, 4) is 0 Å². The molecule has 67 heavy (non-hydrogen) atoms. The Kier molecular flexibility index (Phi) is 17.2. The summed E-state index contributed by atoms with van der Waals surface area (Å²) >= 11 is 0. The van der Waals surface area contributed by atoms with Gasteiger partial charge >= 0.3 is 23.9 Å². The molecule has 2 aliphatic heterocycles. The molecule has 348 valence electrons. The average Bonchev–Trinajstić information content (AvgIpc) is 3.36. The number of carbonyl (C=O) groups excluding carboxylic acids is 4. The maximum Gasteiger partial charge on any atom is 0.338 e. The fraction of sp³-hybridized carbons (Fsp3) is 0.320. The van der Waals surface area contributed by atoms with Crippen molar-refractivity contribution >= 4 is 23.9 Å². The molecule has 0 saturated carbocycles. The minimum Gasteiger partial charge on any atom is -0.457 e. The zero-order chi connectivity index (χ0) is 47.0. The van der Waals surface area contributed by atoms with E-state index < -0.39 is 91.8 Å². The van der Waals surface area contributed by atoms with Gasteiger partial charge in [0.25, 0.3) is 0 Å². The van der Waals surface area contributed by atoms with Crippen LogP contribution in [0, 0.1) is 0 Å². The predicted octanol–water partition coefficient (Wildman–Crippen LogP) is 7.19. The van der Waals surface area contributed by atoms with Crippen LogP contribution in [0.15, 0.2) is 157 Å². The standard InChI is InChI=1S/C50H49N3O14/c1-32(54)62-41-38(30-59-28-33-18-8-3-9-19-33)63-49(40(52-53-51)43(41)60-29-34-20-10-4-11-21-34)61-31-39-42(65-46(55)35-22-12-5-13-23-35)44(66-47(56)36-24-14-6-15-25-36)45(50(58-2)64-39)67-48(57)37-26-16-7-17-27-37/h3-27,38-45,49-50H,28-31H2,1-2H3/t38-,39-,40-,41+,42-,43-,44+,45-,49+,50+/m1/s1. The second-order valence-electron chi connectivity index (χ2n) is 15.4. The van der Waals surface area contributed by atoms with Crippen LogP contribution in [-0.2, 0) is 65.4 Å². The van der Waals surface area contributed by atoms with Crippen molar-refractivity contribution in [3.05, 3.63) is 190 Å². The fourth-order valence-corrected chi connectivity index (χ4v) is 7.60. The van der Waals surface area contributed by atoms with Crippen LogP contribution in [0.4, 0.5) is 0 Å². The minimum absolute atomic E-state index is 0.0152. The third kappa shape index (κ3) is 12.9. The number of benzene rings is 5. The van der Waals surface area contributed by atoms with Crippen molar-refractivity contribution in [2.45, 2.75) is 81.5 Å². The number of rotatable bonds is 19. The monoisotopic (exact) mass is 915 g/mol. The Hall–Kier alpha value is -6.95. The molecule has 10 atom stereocenters. The molecule has 0 aliphatic carbocycles. The largest absolute Gasteiger partial charge is 0.457 e. The van der Waals surface area contributed by atoms with Crippen LogP contribution in [0.3, 0.4) is 0 Å². The number of methoxy groups -OCH3 is 1. The van der Waals surface area contributed by atoms with Crippen LogP contribution in [0.1, 0.15) is 49.1 Å². The van der Waals surface area contributed by atoms with Crippen LogP contribution < -0.4 is 0 Å². The van der Waals surface area contributed by atoms with Gasteiger partial charge in [-0.25, -0.2) is 14.4 Å². The third-order valence-corrected chi connectivity index (χ3v) is 10.8. The van der Waals surface area contributed by atoms with E-state index in [1.807, 2.05) is 60.7 Å². The molecule has 17 heteroatoms. The summed E-state index contributed by atoms with van der Waals surface area (Å²) in [6.07, 6.45) is -12.2. The van der Waals surface area contributed by atoms with Crippen molar-refractivity contribution in [1.82, 2.24) is 0 Å². The van der Waals surface area contributed by atoms with Gasteiger partial charge in [-0.05, 0) is 53.1 Å². The zero-order valence-electron chi connectivity index (χ0n) is 36.6. The molecule has 2 aliphatic rings. The molecule has 0 spiro atoms. The SMILES string of the molecule is CO[C@H]1O[C@H](CO[C@H]2O[C@H](COCc3ccccc3)[C@H](OC(C)=O)[C@H](OCc3ccccc3)[C@H]2N=[N+]=[N-])[C@@H](OC(=O)c2ccccc2)[C@H](OC(=O)c2ccccc2)[C@H]1OC(=O)c1ccccc1. The van der Waals surface area contributed by atoms with E-state index in [0.29, 0.717) is 0 Å². The molecule has 0 amide bonds. The number of hydrogen-bond acceptors (Lipinski definition) is 15. The first kappa shape index (κ1) is 48.0. The second kappa shape index (κ2) is 24.0. The predicted molar refractivity (Wildman–Crippen MR) is 237 cm³/mol. The highest BCUT2D eigenvalue weighted by Gasteiger charge is 2.55. The molecule has 2 fully saturated rings. The Morgan fingerprint density at radius 3 is 1.45 bits per heavy atom. The minimum atomic E-state index is -1.57. The van der Waals surface area contributed by atoms with Crippen LogP contribution in [0.2, 0.25) is 0 Å². The maximum atomic E-state index is 14.0. The molecular formula is C50H49N3O14. The van der Waals surface area contributed by atoms with Gasteiger partial charge in [0, 0.05) is 18.9 Å². The number of ether oxygens (including phenoxy) is 10. The maximum absolute atomic E-state index is 14.0. The molecule has 5 aromatic rings. The Bertz CT molecular complexity index is 2410. The highest BCUT2D eigenvalue weighted by molar-refractivity contribution is 5.91. The van der Waals surface area contributed by atoms with Crippen molar-refractivity contribution in [2.75, 3.05) is 20.3 Å². The summed E-state index contributed by atoms with van der Waals surface area (Å²) in [7, 11) is 1.30. The lowest BCUT2D eigenvalue weighted by atomic mass is 9.96. The van der Waals surface area contributed by atoms with Crippen molar-refractivity contribution < 1.29 is 66.5 Å². The van der Waals surface area contributed by atoms with E-state index in [9.17, 15) is 24.7 Å². The lowest BCUT2D eigenvalue weighted by molar-refractivity contribution is -0.316. The average molecular weight is 916 g/mol. The summed E-state index contributed by atoms with van der Waals surface area (Å²) in [5.74, 6) is -3.14. The van der Waals surface area contributed by atoms with E-state index in [1.165, 1.54) is 50.4 Å². The van der Waals surface area contributed by atoms with E-state index in [2.05, 4.69) is 10.0 Å². The fourth-order valence-electron chi connectivity index (χ4n) is 7.60. The van der Waals surface area contributed by atoms with Crippen molar-refractivity contribution in [1.29, 1.82) is 0 Å². The number of hydrogen-bond donors (Lipinski definition) is 0. The highest BCUT2D eigenvalue weighted by atomic mass is 16.7. The first-order chi connectivity index (χ1) is 32.7. The summed E-state index contributed by atoms with van der Waals surface area (Å²) in [5.41, 5.74) is 12.0. The Morgan fingerprint density at radius 1 is 0.522 bits per heavy atom. The van der Waals surface area contributed by atoms with E-state index in [0.717, 1.165) is 11.1 Å². The van der Waals surface area contributed by atoms with Gasteiger partial charge < -0.3 is 47.4 Å². The van der Waals surface area contributed by atoms with Gasteiger partial charge in [0.1, 0.15) is 24.4 Å². The quantitative estimate of drug-likeness (QED) is 0.0264. The lowest BCUT2D eigenvalue weighted by Gasteiger charge is -2.46. The van der Waals surface area contributed by atoms with Gasteiger partial charge in [0.15, 0.2) is 37.0 Å². The molecule has 17 nitrogen and oxygen atoms in total. The van der Waals surface area contributed by atoms with Crippen LogP contribution in [0.5, 0.6) is 0 Å². The van der Waals surface area contributed by atoms with Crippen molar-refractivity contribution in [3.63, 3.8) is 0 Å². The molecule has 2 heterocycles. The van der Waals surface area contributed by atoms with Crippen molar-refractivity contribution in [2.24, 2.45) is 5.11 Å². The van der Waals surface area contributed by atoms with Gasteiger partial charge in [-0.1, -0.05) is 120 Å². The van der Waals surface area contributed by atoms with Crippen LogP contribution in [0.25, 0.3) is 10.4 Å². The molecule has 2 saturated heterocycles. The smallest absolute Gasteiger partial charge is 0.338 e. The molecule has 7 rings (SSSR count). The Balaban J connectivity index is 1.23. The third-order valence-electron chi connectivity index (χ3n) is 10.8. The highest BCUT2D eigenvalue weighted by Crippen LogP contribution is 2.34. The molecule has 0 bridgehead atoms. The first-order valence-corrected chi connectivity index (χ1v) is 21.4. The molecule has 0 radical (unpaired) electrons. The van der Waals surface area contributed by atoms with E-state index in [4.69, 9.17) is 47.4 Å². The van der Waals surface area contributed by atoms with Gasteiger partial charge in [0.2, 0.25) is 0 Å². The van der Waals surface area contributed by atoms with Crippen LogP contribution in [-0.4, -0.2) is 106 Å². The lowest BCUT2D eigenvalue weighted by Crippen LogP contribution is -2.64.